The van der Waals surface area contributed by atoms with Gasteiger partial charge in [-0.25, -0.2) is 4.39 Å². The number of hydrogen-bond donors (Lipinski definition) is 0. The van der Waals surface area contributed by atoms with Gasteiger partial charge < -0.3 is 4.74 Å². The molecule has 1 aliphatic rings. The van der Waals surface area contributed by atoms with Crippen LogP contribution in [-0.2, 0) is 5.67 Å². The molecule has 1 heterocycles. The number of nitro benzene ring substituents is 1. The first kappa shape index (κ1) is 14.7. The fourth-order valence-electron chi connectivity index (χ4n) is 1.72. The van der Waals surface area contributed by atoms with Crippen molar-refractivity contribution in [3.63, 3.8) is 0 Å². The number of ether oxygens (including phenoxy) is 1. The Morgan fingerprint density at radius 3 is 2.25 bits per heavy atom. The van der Waals surface area contributed by atoms with Gasteiger partial charge in [0.05, 0.1) is 15.5 Å². The molecule has 20 heavy (non-hydrogen) atoms. The number of nitrogens with zero attached hydrogens (tertiary/aromatic N) is 1. The summed E-state index contributed by atoms with van der Waals surface area (Å²) >= 11 is 5.33. The van der Waals surface area contributed by atoms with Gasteiger partial charge in [0.15, 0.2) is 5.75 Å². The molecule has 0 aliphatic carbocycles. The molecule has 110 valence electrons. The summed E-state index contributed by atoms with van der Waals surface area (Å²) in [7, 11) is 0. The Kier molecular flexibility index (Phi) is 2.87. The zero-order valence-electron chi connectivity index (χ0n) is 8.97. The molecule has 0 spiro atoms. The molecule has 0 saturated carbocycles. The molecule has 0 bridgehead atoms. The van der Waals surface area contributed by atoms with Crippen LogP contribution in [0.25, 0.3) is 0 Å². The van der Waals surface area contributed by atoms with E-state index in [0.29, 0.717) is 6.07 Å². The van der Waals surface area contributed by atoms with Crippen molar-refractivity contribution < 1.29 is 36.0 Å². The number of hydrogen-bond acceptors (Lipinski definition) is 3. The number of non-ortho nitro benzene ring substituents is 1. The molecule has 1 aliphatic heterocycles. The standard InChI is InChI=1S/C9H2ClF6NO3/c10-5-2-3(17(18)19)1-4-6(5)20-9(15,16)7(4,11)8(12,13)14/h1-2H. The highest BCUT2D eigenvalue weighted by atomic mass is 35.5. The van der Waals surface area contributed by atoms with Gasteiger partial charge in [-0.15, -0.1) is 0 Å². The lowest BCUT2D eigenvalue weighted by molar-refractivity contribution is -0.385. The maximum absolute atomic E-state index is 13.9. The van der Waals surface area contributed by atoms with Gasteiger partial charge in [0.2, 0.25) is 0 Å². The molecular weight excluding hydrogens is 320 g/mol. The van der Waals surface area contributed by atoms with E-state index in [4.69, 9.17) is 11.6 Å². The molecule has 0 radical (unpaired) electrons. The zero-order chi connectivity index (χ0) is 15.5. The topological polar surface area (TPSA) is 52.4 Å². The Morgan fingerprint density at radius 2 is 1.80 bits per heavy atom. The van der Waals surface area contributed by atoms with E-state index in [1.807, 2.05) is 0 Å². The number of rotatable bonds is 1. The van der Waals surface area contributed by atoms with Crippen molar-refractivity contribution in [2.45, 2.75) is 18.0 Å². The highest BCUT2D eigenvalue weighted by Crippen LogP contribution is 2.61. The van der Waals surface area contributed by atoms with Gasteiger partial charge in [0.25, 0.3) is 5.69 Å². The zero-order valence-corrected chi connectivity index (χ0v) is 9.73. The van der Waals surface area contributed by atoms with Gasteiger partial charge in [0.1, 0.15) is 0 Å². The van der Waals surface area contributed by atoms with Crippen molar-refractivity contribution in [1.82, 2.24) is 0 Å². The monoisotopic (exact) mass is 321 g/mol. The second-order valence-electron chi connectivity index (χ2n) is 3.84. The van der Waals surface area contributed by atoms with E-state index < -0.39 is 44.9 Å². The normalized spacial score (nSPS) is 24.1. The van der Waals surface area contributed by atoms with Crippen LogP contribution in [-0.4, -0.2) is 17.2 Å². The minimum atomic E-state index is -6.06. The van der Waals surface area contributed by atoms with E-state index in [9.17, 15) is 36.5 Å². The first-order valence-electron chi connectivity index (χ1n) is 4.72. The molecule has 0 aromatic heterocycles. The third kappa shape index (κ3) is 1.70. The molecule has 4 nitrogen and oxygen atoms in total. The molecule has 1 aromatic rings. The third-order valence-electron chi connectivity index (χ3n) is 2.63. The number of benzene rings is 1. The van der Waals surface area contributed by atoms with E-state index in [1.165, 1.54) is 0 Å². The maximum atomic E-state index is 13.9. The number of nitro groups is 1. The summed E-state index contributed by atoms with van der Waals surface area (Å²) in [5.41, 5.74) is -8.01. The predicted molar refractivity (Wildman–Crippen MR) is 52.5 cm³/mol. The fourth-order valence-corrected chi connectivity index (χ4v) is 1.97. The minimum Gasteiger partial charge on any atom is -0.428 e. The van der Waals surface area contributed by atoms with E-state index in [1.54, 1.807) is 0 Å². The van der Waals surface area contributed by atoms with Crippen molar-refractivity contribution in [1.29, 1.82) is 0 Å². The van der Waals surface area contributed by atoms with Gasteiger partial charge in [-0.05, 0) is 0 Å². The maximum Gasteiger partial charge on any atom is 0.447 e. The predicted octanol–water partition coefficient (Wildman–Crippen LogP) is 3.96. The average Bonchev–Trinajstić information content (AvgIpc) is 2.48. The largest absolute Gasteiger partial charge is 0.447 e. The van der Waals surface area contributed by atoms with Crippen LogP contribution < -0.4 is 4.74 Å². The summed E-state index contributed by atoms with van der Waals surface area (Å²) in [6.45, 7) is 0. The minimum absolute atomic E-state index is 0.0234. The van der Waals surface area contributed by atoms with Crippen LogP contribution in [0.3, 0.4) is 0 Å². The second kappa shape index (κ2) is 3.90. The van der Waals surface area contributed by atoms with E-state index in [2.05, 4.69) is 4.74 Å². The Balaban J connectivity index is 2.80. The van der Waals surface area contributed by atoms with E-state index >= 15 is 0 Å². The van der Waals surface area contributed by atoms with Crippen LogP contribution in [0.1, 0.15) is 5.56 Å². The Hall–Kier alpha value is -1.71. The van der Waals surface area contributed by atoms with Crippen LogP contribution in [0.2, 0.25) is 5.02 Å². The molecule has 0 fully saturated rings. The summed E-state index contributed by atoms with van der Waals surface area (Å²) in [4.78, 5) is 9.29. The number of alkyl halides is 6. The highest BCUT2D eigenvalue weighted by molar-refractivity contribution is 6.32. The lowest BCUT2D eigenvalue weighted by Crippen LogP contribution is -2.51. The molecule has 1 aromatic carbocycles. The first-order chi connectivity index (χ1) is 8.92. The molecule has 2 rings (SSSR count). The molecule has 1 unspecified atom stereocenters. The molecule has 0 amide bonds. The smallest absolute Gasteiger partial charge is 0.428 e. The van der Waals surface area contributed by atoms with Crippen LogP contribution in [0.15, 0.2) is 12.1 Å². The van der Waals surface area contributed by atoms with Crippen molar-refractivity contribution in [3.05, 3.63) is 32.8 Å². The van der Waals surface area contributed by atoms with Crippen molar-refractivity contribution in [2.75, 3.05) is 0 Å². The van der Waals surface area contributed by atoms with Gasteiger partial charge in [-0.3, -0.25) is 10.1 Å². The van der Waals surface area contributed by atoms with Gasteiger partial charge in [-0.2, -0.15) is 22.0 Å². The quantitative estimate of drug-likeness (QED) is 0.447. The van der Waals surface area contributed by atoms with Crippen LogP contribution in [0.4, 0.5) is 32.0 Å². The highest BCUT2D eigenvalue weighted by Gasteiger charge is 2.79. The van der Waals surface area contributed by atoms with Crippen LogP contribution in [0.5, 0.6) is 5.75 Å². The molecule has 0 saturated heterocycles. The summed E-state index contributed by atoms with van der Waals surface area (Å²) in [6, 6.07) is 0.508. The lowest BCUT2D eigenvalue weighted by atomic mass is 9.95. The van der Waals surface area contributed by atoms with Crippen molar-refractivity contribution >= 4 is 17.3 Å². The lowest BCUT2D eigenvalue weighted by Gasteiger charge is -2.26. The van der Waals surface area contributed by atoms with Gasteiger partial charge in [0, 0.05) is 12.1 Å². The average molecular weight is 322 g/mol. The molecule has 11 heteroatoms. The summed E-state index contributed by atoms with van der Waals surface area (Å²) in [6.07, 6.45) is -11.3. The van der Waals surface area contributed by atoms with Crippen LogP contribution in [0, 0.1) is 10.1 Å². The summed E-state index contributed by atoms with van der Waals surface area (Å²) in [5, 5.41) is 9.57. The SMILES string of the molecule is O=[N+]([O-])c1cc(Cl)c2c(c1)C(F)(C(F)(F)F)C(F)(F)O2. The molecule has 1 atom stereocenters. The third-order valence-corrected chi connectivity index (χ3v) is 2.91. The molecular formula is C9H2ClF6NO3. The Labute approximate surface area is 111 Å². The van der Waals surface area contributed by atoms with E-state index in [-0.39, 0.29) is 6.07 Å². The van der Waals surface area contributed by atoms with Crippen LogP contribution >= 0.6 is 11.6 Å². The first-order valence-corrected chi connectivity index (χ1v) is 5.10. The van der Waals surface area contributed by atoms with Crippen molar-refractivity contribution in [3.8, 4) is 5.75 Å². The fraction of sp³-hybridized carbons (Fsp3) is 0.333. The number of fused-ring (bicyclic) bond motifs is 1. The summed E-state index contributed by atoms with van der Waals surface area (Å²) in [5.74, 6) is -1.28. The summed E-state index contributed by atoms with van der Waals surface area (Å²) < 4.78 is 82.0. The number of halogens is 7. The Morgan fingerprint density at radius 1 is 1.25 bits per heavy atom. The van der Waals surface area contributed by atoms with Gasteiger partial charge >= 0.3 is 18.0 Å². The van der Waals surface area contributed by atoms with Gasteiger partial charge in [-0.1, -0.05) is 11.6 Å². The Bertz CT molecular complexity index is 604. The van der Waals surface area contributed by atoms with E-state index in [0.717, 1.165) is 0 Å². The second-order valence-corrected chi connectivity index (χ2v) is 4.24. The van der Waals surface area contributed by atoms with Crippen molar-refractivity contribution in [2.24, 2.45) is 0 Å². The molecule has 0 N–H and O–H groups in total.